The summed E-state index contributed by atoms with van der Waals surface area (Å²) in [6.07, 6.45) is 2.37. The molecule has 2 aromatic heterocycles. The Kier molecular flexibility index (Phi) is 5.19. The van der Waals surface area contributed by atoms with E-state index < -0.39 is 10.0 Å². The molecule has 0 amide bonds. The van der Waals surface area contributed by atoms with Gasteiger partial charge in [-0.2, -0.15) is 4.31 Å². The zero-order chi connectivity index (χ0) is 17.9. The van der Waals surface area contributed by atoms with Crippen LogP contribution < -0.4 is 9.80 Å². The summed E-state index contributed by atoms with van der Waals surface area (Å²) in [6.45, 7) is 7.80. The van der Waals surface area contributed by atoms with E-state index in [9.17, 15) is 8.42 Å². The molecule has 25 heavy (non-hydrogen) atoms. The maximum absolute atomic E-state index is 12.5. The molecule has 10 heteroatoms. The van der Waals surface area contributed by atoms with E-state index in [2.05, 4.69) is 38.6 Å². The van der Waals surface area contributed by atoms with Crippen LogP contribution in [-0.2, 0) is 10.0 Å². The maximum atomic E-state index is 12.5. The number of hydrogen-bond donors (Lipinski definition) is 0. The summed E-state index contributed by atoms with van der Waals surface area (Å²) in [5, 5.41) is 12.1. The third-order valence-electron chi connectivity index (χ3n) is 4.33. The summed E-state index contributed by atoms with van der Waals surface area (Å²) in [7, 11) is -3.54. The molecule has 0 aromatic carbocycles. The standard InChI is InChI=1S/C15H22N6O3S/c1-3-19(4-2)14-5-6-15(18-17-14)20-7-9-21(10-8-20)25(22,23)13-11-16-24-12-13/h5-6,11-12H,3-4,7-10H2,1-2H3. The second-order valence-corrected chi connectivity index (χ2v) is 7.61. The van der Waals surface area contributed by atoms with Gasteiger partial charge in [0.05, 0.1) is 6.20 Å². The van der Waals surface area contributed by atoms with Gasteiger partial charge in [0.1, 0.15) is 11.2 Å². The second kappa shape index (κ2) is 7.36. The zero-order valence-corrected chi connectivity index (χ0v) is 15.2. The minimum absolute atomic E-state index is 0.0873. The van der Waals surface area contributed by atoms with E-state index in [0.717, 1.165) is 31.0 Å². The highest BCUT2D eigenvalue weighted by Gasteiger charge is 2.30. The van der Waals surface area contributed by atoms with Crippen LogP contribution in [0.1, 0.15) is 13.8 Å². The van der Waals surface area contributed by atoms with Gasteiger partial charge >= 0.3 is 0 Å². The molecule has 1 aliphatic heterocycles. The van der Waals surface area contributed by atoms with Crippen molar-refractivity contribution in [3.63, 3.8) is 0 Å². The van der Waals surface area contributed by atoms with Crippen LogP contribution in [0.2, 0.25) is 0 Å². The first-order valence-electron chi connectivity index (χ1n) is 8.29. The van der Waals surface area contributed by atoms with Crippen molar-refractivity contribution in [3.8, 4) is 0 Å². The minimum atomic E-state index is -3.54. The summed E-state index contributed by atoms with van der Waals surface area (Å²) in [5.74, 6) is 1.61. The second-order valence-electron chi connectivity index (χ2n) is 5.67. The molecule has 0 bridgehead atoms. The Morgan fingerprint density at radius 1 is 1.12 bits per heavy atom. The maximum Gasteiger partial charge on any atom is 0.248 e. The lowest BCUT2D eigenvalue weighted by Gasteiger charge is -2.34. The number of nitrogens with zero attached hydrogens (tertiary/aromatic N) is 6. The number of hydrogen-bond acceptors (Lipinski definition) is 8. The molecule has 0 atom stereocenters. The molecular weight excluding hydrogens is 344 g/mol. The number of aromatic nitrogens is 3. The van der Waals surface area contributed by atoms with Gasteiger partial charge in [-0.15, -0.1) is 10.2 Å². The summed E-state index contributed by atoms with van der Waals surface area (Å²) in [4.78, 5) is 4.25. The molecule has 136 valence electrons. The molecule has 0 unspecified atom stereocenters. The molecule has 1 saturated heterocycles. The van der Waals surface area contributed by atoms with Gasteiger partial charge in [-0.1, -0.05) is 5.16 Å². The lowest BCUT2D eigenvalue weighted by atomic mass is 10.3. The summed E-state index contributed by atoms with van der Waals surface area (Å²) in [5.41, 5.74) is 0. The smallest absolute Gasteiger partial charge is 0.248 e. The van der Waals surface area contributed by atoms with Crippen molar-refractivity contribution in [2.24, 2.45) is 0 Å². The van der Waals surface area contributed by atoms with Gasteiger partial charge in [0, 0.05) is 39.3 Å². The first-order valence-corrected chi connectivity index (χ1v) is 9.73. The Morgan fingerprint density at radius 2 is 1.84 bits per heavy atom. The minimum Gasteiger partial charge on any atom is -0.363 e. The highest BCUT2D eigenvalue weighted by molar-refractivity contribution is 7.89. The third-order valence-corrected chi connectivity index (χ3v) is 6.18. The Bertz CT molecular complexity index is 766. The summed E-state index contributed by atoms with van der Waals surface area (Å²) < 4.78 is 31.0. The highest BCUT2D eigenvalue weighted by atomic mass is 32.2. The van der Waals surface area contributed by atoms with Crippen molar-refractivity contribution in [2.75, 3.05) is 49.1 Å². The van der Waals surface area contributed by atoms with Crippen molar-refractivity contribution < 1.29 is 12.9 Å². The molecule has 9 nitrogen and oxygen atoms in total. The van der Waals surface area contributed by atoms with E-state index in [4.69, 9.17) is 0 Å². The molecule has 0 N–H and O–H groups in total. The van der Waals surface area contributed by atoms with Gasteiger partial charge in [0.25, 0.3) is 0 Å². The van der Waals surface area contributed by atoms with Crippen molar-refractivity contribution in [2.45, 2.75) is 18.7 Å². The van der Waals surface area contributed by atoms with Gasteiger partial charge in [-0.05, 0) is 26.0 Å². The molecule has 3 heterocycles. The lowest BCUT2D eigenvalue weighted by molar-refractivity contribution is 0.382. The topological polar surface area (TPSA) is 95.7 Å². The van der Waals surface area contributed by atoms with E-state index >= 15 is 0 Å². The average molecular weight is 366 g/mol. The van der Waals surface area contributed by atoms with E-state index in [1.54, 1.807) is 0 Å². The van der Waals surface area contributed by atoms with Crippen LogP contribution >= 0.6 is 0 Å². The molecule has 0 aliphatic carbocycles. The van der Waals surface area contributed by atoms with Gasteiger partial charge in [0.2, 0.25) is 10.0 Å². The fourth-order valence-corrected chi connectivity index (χ4v) is 4.12. The van der Waals surface area contributed by atoms with Crippen LogP contribution in [0.15, 0.2) is 34.0 Å². The van der Waals surface area contributed by atoms with Crippen LogP contribution in [0.25, 0.3) is 0 Å². The molecule has 3 rings (SSSR count). The number of rotatable bonds is 6. The van der Waals surface area contributed by atoms with Crippen molar-refractivity contribution in [3.05, 3.63) is 24.6 Å². The largest absolute Gasteiger partial charge is 0.363 e. The van der Waals surface area contributed by atoms with Gasteiger partial charge in [-0.3, -0.25) is 0 Å². The Hall–Kier alpha value is -2.20. The number of piperazine rings is 1. The molecule has 1 aliphatic rings. The zero-order valence-electron chi connectivity index (χ0n) is 14.4. The quantitative estimate of drug-likeness (QED) is 0.741. The SMILES string of the molecule is CCN(CC)c1ccc(N2CCN(S(=O)(=O)c3cnoc3)CC2)nn1. The predicted octanol–water partition coefficient (Wildman–Crippen LogP) is 0.822. The average Bonchev–Trinajstić information content (AvgIpc) is 3.19. The van der Waals surface area contributed by atoms with E-state index in [0.29, 0.717) is 26.2 Å². The predicted molar refractivity (Wildman–Crippen MR) is 93.1 cm³/mol. The van der Waals surface area contributed by atoms with Gasteiger partial charge in [-0.25, -0.2) is 8.42 Å². The number of sulfonamides is 1. The normalized spacial score (nSPS) is 16.2. The van der Waals surface area contributed by atoms with Crippen LogP contribution in [0.5, 0.6) is 0 Å². The fraction of sp³-hybridized carbons (Fsp3) is 0.533. The van der Waals surface area contributed by atoms with Gasteiger partial charge in [0.15, 0.2) is 11.6 Å². The van der Waals surface area contributed by atoms with Crippen LogP contribution in [0.4, 0.5) is 11.6 Å². The number of anilines is 2. The molecule has 2 aromatic rings. The first-order chi connectivity index (χ1) is 12.1. The summed E-state index contributed by atoms with van der Waals surface area (Å²) in [6, 6.07) is 3.89. The molecule has 0 saturated carbocycles. The highest BCUT2D eigenvalue weighted by Crippen LogP contribution is 2.20. The lowest BCUT2D eigenvalue weighted by Crippen LogP contribution is -2.48. The van der Waals surface area contributed by atoms with Crippen molar-refractivity contribution >= 4 is 21.7 Å². The fourth-order valence-electron chi connectivity index (χ4n) is 2.83. The van der Waals surface area contributed by atoms with Crippen LogP contribution in [0.3, 0.4) is 0 Å². The Labute approximate surface area is 147 Å². The van der Waals surface area contributed by atoms with E-state index in [1.165, 1.54) is 10.5 Å². The Balaban J connectivity index is 1.64. The molecule has 1 fully saturated rings. The van der Waals surface area contributed by atoms with E-state index in [-0.39, 0.29) is 4.90 Å². The molecule has 0 spiro atoms. The van der Waals surface area contributed by atoms with Gasteiger partial charge < -0.3 is 14.3 Å². The van der Waals surface area contributed by atoms with E-state index in [1.807, 2.05) is 17.0 Å². The monoisotopic (exact) mass is 366 g/mol. The molecule has 0 radical (unpaired) electrons. The van der Waals surface area contributed by atoms with Crippen LogP contribution in [-0.4, -0.2) is 67.3 Å². The van der Waals surface area contributed by atoms with Crippen molar-refractivity contribution in [1.29, 1.82) is 0 Å². The third kappa shape index (κ3) is 3.59. The van der Waals surface area contributed by atoms with Crippen molar-refractivity contribution in [1.82, 2.24) is 19.7 Å². The first kappa shape index (κ1) is 17.6. The Morgan fingerprint density at radius 3 is 2.36 bits per heavy atom. The van der Waals surface area contributed by atoms with Crippen LogP contribution in [0, 0.1) is 0 Å². The molecular formula is C15H22N6O3S. The summed E-state index contributed by atoms with van der Waals surface area (Å²) >= 11 is 0.